The Morgan fingerprint density at radius 3 is 2.81 bits per heavy atom. The number of aromatic nitrogens is 3. The van der Waals surface area contributed by atoms with Crippen LogP contribution in [0.15, 0.2) is 24.3 Å². The lowest BCUT2D eigenvalue weighted by Gasteiger charge is -2.29. The summed E-state index contributed by atoms with van der Waals surface area (Å²) in [6.45, 7) is 1.55. The molecule has 1 amide bonds. The van der Waals surface area contributed by atoms with Gasteiger partial charge >= 0.3 is 0 Å². The van der Waals surface area contributed by atoms with E-state index in [0.29, 0.717) is 5.56 Å². The number of rotatable bonds is 2. The van der Waals surface area contributed by atoms with Crippen molar-refractivity contribution in [3.05, 3.63) is 47.3 Å². The predicted octanol–water partition coefficient (Wildman–Crippen LogP) is 1.80. The number of likely N-dealkylation sites (tertiary alicyclic amines) is 1. The van der Waals surface area contributed by atoms with Crippen LogP contribution in [0.3, 0.4) is 0 Å². The lowest BCUT2D eigenvalue weighted by Crippen LogP contribution is -2.42. The molecule has 0 bridgehead atoms. The van der Waals surface area contributed by atoms with Crippen LogP contribution in [-0.2, 0) is 6.42 Å². The topological polar surface area (TPSA) is 51.0 Å². The molecular weight excluding hydrogens is 271 g/mol. The fraction of sp³-hybridized carbons (Fsp3) is 0.400. The Labute approximate surface area is 121 Å². The maximum atomic E-state index is 14.0. The third-order valence-corrected chi connectivity index (χ3v) is 4.24. The van der Waals surface area contributed by atoms with E-state index < -0.39 is 0 Å². The van der Waals surface area contributed by atoms with Gasteiger partial charge in [-0.2, -0.15) is 0 Å². The molecule has 0 N–H and O–H groups in total. The van der Waals surface area contributed by atoms with Crippen molar-refractivity contribution in [1.29, 1.82) is 0 Å². The summed E-state index contributed by atoms with van der Waals surface area (Å²) in [4.78, 5) is 18.2. The van der Waals surface area contributed by atoms with Crippen LogP contribution in [0.4, 0.5) is 4.39 Å². The Bertz CT molecular complexity index is 707. The molecule has 4 rings (SSSR count). The van der Waals surface area contributed by atoms with Crippen LogP contribution in [0.5, 0.6) is 0 Å². The highest BCUT2D eigenvalue weighted by molar-refractivity contribution is 5.90. The minimum Gasteiger partial charge on any atom is -0.336 e. The first-order chi connectivity index (χ1) is 10.2. The quantitative estimate of drug-likeness (QED) is 0.846. The molecule has 3 heterocycles. The smallest absolute Gasteiger partial charge is 0.293 e. The van der Waals surface area contributed by atoms with E-state index in [9.17, 15) is 9.18 Å². The van der Waals surface area contributed by atoms with Gasteiger partial charge in [0, 0.05) is 25.1 Å². The van der Waals surface area contributed by atoms with Gasteiger partial charge in [0.2, 0.25) is 5.82 Å². The van der Waals surface area contributed by atoms with E-state index in [1.807, 2.05) is 6.07 Å². The number of nitrogens with zero attached hydrogens (tertiary/aromatic N) is 4. The second kappa shape index (κ2) is 4.65. The average molecular weight is 286 g/mol. The van der Waals surface area contributed by atoms with E-state index in [0.717, 1.165) is 38.2 Å². The molecular formula is C15H15FN4O. The van der Waals surface area contributed by atoms with Crippen LogP contribution in [-0.4, -0.2) is 38.7 Å². The van der Waals surface area contributed by atoms with Crippen LogP contribution < -0.4 is 0 Å². The van der Waals surface area contributed by atoms with E-state index in [2.05, 4.69) is 10.1 Å². The van der Waals surface area contributed by atoms with Gasteiger partial charge < -0.3 is 4.90 Å². The van der Waals surface area contributed by atoms with Gasteiger partial charge in [-0.3, -0.25) is 4.79 Å². The second-order valence-corrected chi connectivity index (χ2v) is 5.52. The van der Waals surface area contributed by atoms with Crippen LogP contribution in [0, 0.1) is 5.82 Å². The van der Waals surface area contributed by atoms with Crippen LogP contribution in [0.25, 0.3) is 0 Å². The van der Waals surface area contributed by atoms with Crippen molar-refractivity contribution in [2.75, 3.05) is 13.1 Å². The van der Waals surface area contributed by atoms with Gasteiger partial charge in [-0.1, -0.05) is 18.2 Å². The normalized spacial score (nSPS) is 20.2. The first kappa shape index (κ1) is 12.5. The van der Waals surface area contributed by atoms with Gasteiger partial charge in [-0.05, 0) is 18.9 Å². The standard InChI is InChI=1S/C15H15FN4O/c16-11-5-2-1-4-10(11)12-6-7-13-17-14(18-20(12)13)15(21)19-8-3-9-19/h1-2,4-5,12H,3,6-9H2. The third kappa shape index (κ3) is 1.93. The maximum Gasteiger partial charge on any atom is 0.293 e. The van der Waals surface area contributed by atoms with Gasteiger partial charge in [0.05, 0.1) is 6.04 Å². The molecule has 2 aromatic rings. The molecule has 1 saturated heterocycles. The third-order valence-electron chi connectivity index (χ3n) is 4.24. The lowest BCUT2D eigenvalue weighted by atomic mass is 10.0. The Morgan fingerprint density at radius 1 is 1.29 bits per heavy atom. The highest BCUT2D eigenvalue weighted by Crippen LogP contribution is 2.31. The lowest BCUT2D eigenvalue weighted by molar-refractivity contribution is 0.0638. The fourth-order valence-corrected chi connectivity index (χ4v) is 2.95. The second-order valence-electron chi connectivity index (χ2n) is 5.52. The Hall–Kier alpha value is -2.24. The van der Waals surface area contributed by atoms with Crippen molar-refractivity contribution in [1.82, 2.24) is 19.7 Å². The summed E-state index contributed by atoms with van der Waals surface area (Å²) in [6.07, 6.45) is 2.53. The average Bonchev–Trinajstić information content (AvgIpc) is 2.97. The zero-order valence-corrected chi connectivity index (χ0v) is 11.5. The van der Waals surface area contributed by atoms with E-state index in [1.165, 1.54) is 6.07 Å². The minimum atomic E-state index is -0.235. The van der Waals surface area contributed by atoms with Gasteiger partial charge in [0.15, 0.2) is 0 Å². The molecule has 0 aliphatic carbocycles. The summed E-state index contributed by atoms with van der Waals surface area (Å²) in [5.41, 5.74) is 0.615. The first-order valence-electron chi connectivity index (χ1n) is 7.23. The molecule has 0 spiro atoms. The summed E-state index contributed by atoms with van der Waals surface area (Å²) in [5.74, 6) is 0.662. The molecule has 1 aromatic heterocycles. The summed E-state index contributed by atoms with van der Waals surface area (Å²) in [6, 6.07) is 6.56. The Balaban J connectivity index is 1.67. The Kier molecular flexibility index (Phi) is 2.77. The van der Waals surface area contributed by atoms with Crippen molar-refractivity contribution in [2.45, 2.75) is 25.3 Å². The number of hydrogen-bond donors (Lipinski definition) is 0. The van der Waals surface area contributed by atoms with Crippen molar-refractivity contribution >= 4 is 5.91 Å². The van der Waals surface area contributed by atoms with Crippen LogP contribution >= 0.6 is 0 Å². The molecule has 0 radical (unpaired) electrons. The highest BCUT2D eigenvalue weighted by atomic mass is 19.1. The Morgan fingerprint density at radius 2 is 2.10 bits per heavy atom. The van der Waals surface area contributed by atoms with Crippen molar-refractivity contribution in [3.63, 3.8) is 0 Å². The molecule has 6 heteroatoms. The molecule has 2 aliphatic heterocycles. The molecule has 2 aliphatic rings. The number of benzene rings is 1. The van der Waals surface area contributed by atoms with Crippen LogP contribution in [0.2, 0.25) is 0 Å². The first-order valence-corrected chi connectivity index (χ1v) is 7.23. The van der Waals surface area contributed by atoms with Crippen LogP contribution in [0.1, 0.15) is 40.9 Å². The zero-order chi connectivity index (χ0) is 14.4. The monoisotopic (exact) mass is 286 g/mol. The molecule has 0 saturated carbocycles. The zero-order valence-electron chi connectivity index (χ0n) is 11.5. The number of aryl methyl sites for hydroxylation is 1. The SMILES string of the molecule is O=C(c1nc2n(n1)C(c1ccccc1F)CC2)N1CCC1. The summed E-state index contributed by atoms with van der Waals surface area (Å²) < 4.78 is 15.7. The number of amides is 1. The van der Waals surface area contributed by atoms with Gasteiger partial charge in [-0.25, -0.2) is 14.1 Å². The van der Waals surface area contributed by atoms with Gasteiger partial charge in [0.1, 0.15) is 11.6 Å². The largest absolute Gasteiger partial charge is 0.336 e. The summed E-state index contributed by atoms with van der Waals surface area (Å²) in [5, 5.41) is 4.34. The maximum absolute atomic E-state index is 14.0. The van der Waals surface area contributed by atoms with Crippen molar-refractivity contribution in [2.24, 2.45) is 0 Å². The predicted molar refractivity (Wildman–Crippen MR) is 73.4 cm³/mol. The van der Waals surface area contributed by atoms with E-state index in [-0.39, 0.29) is 23.6 Å². The van der Waals surface area contributed by atoms with E-state index >= 15 is 0 Å². The fourth-order valence-electron chi connectivity index (χ4n) is 2.95. The van der Waals surface area contributed by atoms with Crippen molar-refractivity contribution < 1.29 is 9.18 Å². The number of carbonyl (C=O) groups excluding carboxylic acids is 1. The summed E-state index contributed by atoms with van der Waals surface area (Å²) in [7, 11) is 0. The molecule has 1 unspecified atom stereocenters. The minimum absolute atomic E-state index is 0.115. The van der Waals surface area contributed by atoms with E-state index in [1.54, 1.807) is 21.7 Å². The number of halogens is 1. The molecule has 1 aromatic carbocycles. The van der Waals surface area contributed by atoms with Gasteiger partial charge in [0.25, 0.3) is 5.91 Å². The van der Waals surface area contributed by atoms with Gasteiger partial charge in [-0.15, -0.1) is 5.10 Å². The molecule has 108 valence electrons. The highest BCUT2D eigenvalue weighted by Gasteiger charge is 2.32. The summed E-state index contributed by atoms with van der Waals surface area (Å²) >= 11 is 0. The van der Waals surface area contributed by atoms with Crippen molar-refractivity contribution in [3.8, 4) is 0 Å². The molecule has 5 nitrogen and oxygen atoms in total. The van der Waals surface area contributed by atoms with E-state index in [4.69, 9.17) is 0 Å². The molecule has 1 atom stereocenters. The number of hydrogen-bond acceptors (Lipinski definition) is 3. The molecule has 21 heavy (non-hydrogen) atoms. The number of fused-ring (bicyclic) bond motifs is 1. The number of carbonyl (C=O) groups is 1. The molecule has 1 fully saturated rings.